The van der Waals surface area contributed by atoms with Crippen LogP contribution in [0.4, 0.5) is 11.4 Å². The lowest BCUT2D eigenvalue weighted by molar-refractivity contribution is -0.119. The summed E-state index contributed by atoms with van der Waals surface area (Å²) in [6.45, 7) is 3.46. The molecule has 0 radical (unpaired) electrons. The first-order valence-corrected chi connectivity index (χ1v) is 9.97. The molecule has 1 atom stereocenters. The summed E-state index contributed by atoms with van der Waals surface area (Å²) in [7, 11) is -2.22. The highest BCUT2D eigenvalue weighted by Gasteiger charge is 2.42. The van der Waals surface area contributed by atoms with Gasteiger partial charge in [-0.15, -0.1) is 0 Å². The third-order valence-electron chi connectivity index (χ3n) is 4.31. The van der Waals surface area contributed by atoms with E-state index in [0.29, 0.717) is 11.4 Å². The summed E-state index contributed by atoms with van der Waals surface area (Å²) in [5.41, 5.74) is 1.85. The van der Waals surface area contributed by atoms with E-state index >= 15 is 0 Å². The second kappa shape index (κ2) is 7.03. The molecule has 3 rings (SSSR count). The Morgan fingerprint density at radius 3 is 2.59 bits per heavy atom. The van der Waals surface area contributed by atoms with E-state index in [9.17, 15) is 18.0 Å². The number of amides is 2. The number of hydrogen-bond acceptors (Lipinski definition) is 5. The van der Waals surface area contributed by atoms with Crippen molar-refractivity contribution in [1.82, 2.24) is 0 Å². The van der Waals surface area contributed by atoms with E-state index in [-0.39, 0.29) is 17.0 Å². The fourth-order valence-corrected chi connectivity index (χ4v) is 4.79. The minimum atomic E-state index is -3.72. The third kappa shape index (κ3) is 3.66. The molecule has 0 unspecified atom stereocenters. The highest BCUT2D eigenvalue weighted by atomic mass is 32.2. The zero-order valence-corrected chi connectivity index (χ0v) is 16.0. The number of nitrogens with one attached hydrogen (secondary N) is 1. The van der Waals surface area contributed by atoms with Crippen LogP contribution in [0.3, 0.4) is 0 Å². The van der Waals surface area contributed by atoms with Crippen LogP contribution in [0.15, 0.2) is 42.5 Å². The summed E-state index contributed by atoms with van der Waals surface area (Å²) in [6, 6.07) is 11.4. The zero-order valence-electron chi connectivity index (χ0n) is 15.2. The maximum atomic E-state index is 12.6. The molecule has 0 aromatic heterocycles. The van der Waals surface area contributed by atoms with Gasteiger partial charge in [0.15, 0.2) is 0 Å². The lowest BCUT2D eigenvalue weighted by Gasteiger charge is -2.16. The number of ether oxygens (including phenoxy) is 1. The first kappa shape index (κ1) is 18.9. The first-order valence-electron chi connectivity index (χ1n) is 8.36. The molecule has 7 nitrogen and oxygen atoms in total. The number of carbonyl (C=O) groups is 2. The van der Waals surface area contributed by atoms with Gasteiger partial charge in [-0.2, -0.15) is 0 Å². The van der Waals surface area contributed by atoms with Crippen LogP contribution in [0, 0.1) is 12.8 Å². The number of aryl methyl sites for hydroxylation is 1. The van der Waals surface area contributed by atoms with Gasteiger partial charge in [-0.1, -0.05) is 19.1 Å². The van der Waals surface area contributed by atoms with Gasteiger partial charge in [0.05, 0.1) is 30.2 Å². The molecular formula is C19H20N2O5S. The largest absolute Gasteiger partial charge is 0.495 e. The van der Waals surface area contributed by atoms with E-state index in [4.69, 9.17) is 4.74 Å². The van der Waals surface area contributed by atoms with Gasteiger partial charge in [-0.3, -0.25) is 9.59 Å². The molecular weight excluding hydrogens is 368 g/mol. The van der Waals surface area contributed by atoms with Crippen LogP contribution in [-0.2, 0) is 14.8 Å². The highest BCUT2D eigenvalue weighted by Crippen LogP contribution is 2.30. The maximum Gasteiger partial charge on any atom is 0.255 e. The fourth-order valence-electron chi connectivity index (χ4n) is 2.97. The normalized spacial score (nSPS) is 18.4. The molecule has 1 aliphatic rings. The molecule has 1 fully saturated rings. The Morgan fingerprint density at radius 2 is 1.96 bits per heavy atom. The molecule has 1 N–H and O–H groups in total. The van der Waals surface area contributed by atoms with Crippen molar-refractivity contribution in [2.24, 2.45) is 5.92 Å². The molecule has 142 valence electrons. The van der Waals surface area contributed by atoms with Crippen molar-refractivity contribution in [3.63, 3.8) is 0 Å². The Labute approximate surface area is 158 Å². The molecule has 1 heterocycles. The average Bonchev–Trinajstić information content (AvgIpc) is 2.82. The predicted molar refractivity (Wildman–Crippen MR) is 103 cm³/mol. The zero-order chi connectivity index (χ0) is 19.8. The van der Waals surface area contributed by atoms with Crippen LogP contribution in [-0.4, -0.2) is 33.1 Å². The van der Waals surface area contributed by atoms with Crippen LogP contribution < -0.4 is 14.4 Å². The molecule has 0 spiro atoms. The number of sulfonamides is 1. The number of carbonyl (C=O) groups excluding carboxylic acids is 2. The van der Waals surface area contributed by atoms with Crippen LogP contribution in [0.2, 0.25) is 0 Å². The quantitative estimate of drug-likeness (QED) is 0.869. The van der Waals surface area contributed by atoms with Gasteiger partial charge >= 0.3 is 0 Å². The van der Waals surface area contributed by atoms with Crippen molar-refractivity contribution in [1.29, 1.82) is 0 Å². The van der Waals surface area contributed by atoms with Crippen LogP contribution in [0.5, 0.6) is 5.75 Å². The van der Waals surface area contributed by atoms with Crippen molar-refractivity contribution in [3.8, 4) is 5.75 Å². The molecule has 8 heteroatoms. The first-order chi connectivity index (χ1) is 12.7. The molecule has 2 amide bonds. The van der Waals surface area contributed by atoms with Crippen molar-refractivity contribution >= 4 is 33.2 Å². The predicted octanol–water partition coefficient (Wildman–Crippen LogP) is 2.57. The van der Waals surface area contributed by atoms with E-state index in [1.807, 2.05) is 13.0 Å². The lowest BCUT2D eigenvalue weighted by atomic mass is 10.1. The second-order valence-corrected chi connectivity index (χ2v) is 8.35. The van der Waals surface area contributed by atoms with E-state index in [1.54, 1.807) is 31.2 Å². The van der Waals surface area contributed by atoms with E-state index < -0.39 is 27.8 Å². The molecule has 27 heavy (non-hydrogen) atoms. The van der Waals surface area contributed by atoms with Gasteiger partial charge < -0.3 is 10.1 Å². The number of rotatable bonds is 4. The smallest absolute Gasteiger partial charge is 0.255 e. The Bertz CT molecular complexity index is 1020. The minimum Gasteiger partial charge on any atom is -0.495 e. The topological polar surface area (TPSA) is 92.8 Å². The number of anilines is 2. The molecule has 0 aliphatic carbocycles. The van der Waals surface area contributed by atoms with Crippen molar-refractivity contribution in [2.75, 3.05) is 22.5 Å². The molecule has 0 saturated carbocycles. The van der Waals surface area contributed by atoms with Crippen LogP contribution in [0.25, 0.3) is 0 Å². The SMILES string of the molecule is COc1ccc(C)cc1NC(=O)c1cccc(N2C(=O)[C@H](C)CS2(=O)=O)c1. The van der Waals surface area contributed by atoms with E-state index in [0.717, 1.165) is 9.87 Å². The molecule has 2 aromatic rings. The Balaban J connectivity index is 1.91. The molecule has 1 saturated heterocycles. The van der Waals surface area contributed by atoms with Crippen LogP contribution >= 0.6 is 0 Å². The summed E-state index contributed by atoms with van der Waals surface area (Å²) in [4.78, 5) is 24.9. The van der Waals surface area contributed by atoms with Crippen molar-refractivity contribution in [3.05, 3.63) is 53.6 Å². The molecule has 0 bridgehead atoms. The summed E-state index contributed by atoms with van der Waals surface area (Å²) in [5, 5.41) is 2.76. The number of methoxy groups -OCH3 is 1. The standard InChI is InChI=1S/C19H20N2O5S/c1-12-7-8-17(26-3)16(9-12)20-18(22)14-5-4-6-15(10-14)21-19(23)13(2)11-27(21,24)25/h4-10,13H,11H2,1-3H3,(H,20,22)/t13-/m1/s1. The number of hydrogen-bond donors (Lipinski definition) is 1. The minimum absolute atomic E-state index is 0.160. The van der Waals surface area contributed by atoms with Gasteiger partial charge in [0.25, 0.3) is 5.91 Å². The average molecular weight is 388 g/mol. The summed E-state index contributed by atoms with van der Waals surface area (Å²) < 4.78 is 30.6. The fraction of sp³-hybridized carbons (Fsp3) is 0.263. The third-order valence-corrected chi connectivity index (χ3v) is 6.17. The van der Waals surface area contributed by atoms with Gasteiger partial charge in [0.2, 0.25) is 15.9 Å². The van der Waals surface area contributed by atoms with E-state index in [1.165, 1.54) is 19.2 Å². The maximum absolute atomic E-state index is 12.6. The molecule has 2 aromatic carbocycles. The molecule has 1 aliphatic heterocycles. The summed E-state index contributed by atoms with van der Waals surface area (Å²) >= 11 is 0. The van der Waals surface area contributed by atoms with Gasteiger partial charge in [0, 0.05) is 5.56 Å². The van der Waals surface area contributed by atoms with Gasteiger partial charge in [-0.25, -0.2) is 12.7 Å². The van der Waals surface area contributed by atoms with Crippen LogP contribution in [0.1, 0.15) is 22.8 Å². The second-order valence-electron chi connectivity index (χ2n) is 6.49. The van der Waals surface area contributed by atoms with E-state index in [2.05, 4.69) is 5.32 Å². The Kier molecular flexibility index (Phi) is 4.93. The summed E-state index contributed by atoms with van der Waals surface area (Å²) in [6.07, 6.45) is 0. The monoisotopic (exact) mass is 388 g/mol. The summed E-state index contributed by atoms with van der Waals surface area (Å²) in [5.74, 6) is -1.26. The van der Waals surface area contributed by atoms with Gasteiger partial charge in [-0.05, 0) is 42.8 Å². The lowest BCUT2D eigenvalue weighted by Crippen LogP contribution is -2.30. The highest BCUT2D eigenvalue weighted by molar-refractivity contribution is 7.94. The van der Waals surface area contributed by atoms with Crippen molar-refractivity contribution < 1.29 is 22.7 Å². The number of nitrogens with zero attached hydrogens (tertiary/aromatic N) is 1. The number of benzene rings is 2. The Hall–Kier alpha value is -2.87. The van der Waals surface area contributed by atoms with Crippen molar-refractivity contribution in [2.45, 2.75) is 13.8 Å². The van der Waals surface area contributed by atoms with Gasteiger partial charge in [0.1, 0.15) is 5.75 Å². The Morgan fingerprint density at radius 1 is 1.22 bits per heavy atom.